The summed E-state index contributed by atoms with van der Waals surface area (Å²) < 4.78 is 35.4. The number of benzene rings is 1. The van der Waals surface area contributed by atoms with Gasteiger partial charge in [-0.15, -0.1) is 5.92 Å². The minimum atomic E-state index is -2.75. The van der Waals surface area contributed by atoms with Crippen LogP contribution < -0.4 is 10.2 Å². The highest BCUT2D eigenvalue weighted by Gasteiger charge is 2.48. The molecular weight excluding hydrogens is 450 g/mol. The summed E-state index contributed by atoms with van der Waals surface area (Å²) in [6.07, 6.45) is 0.0895. The third kappa shape index (κ3) is 5.47. The van der Waals surface area contributed by atoms with E-state index in [4.69, 9.17) is 9.47 Å². The maximum Gasteiger partial charge on any atom is 0.320 e. The van der Waals surface area contributed by atoms with Gasteiger partial charge >= 0.3 is 6.03 Å². The van der Waals surface area contributed by atoms with Crippen LogP contribution in [-0.2, 0) is 19.8 Å². The van der Waals surface area contributed by atoms with E-state index in [-0.39, 0.29) is 43.4 Å². The molecule has 1 aromatic carbocycles. The number of carbonyl (C=O) groups is 2. The van der Waals surface area contributed by atoms with Gasteiger partial charge in [-0.3, -0.25) is 10.0 Å². The van der Waals surface area contributed by atoms with Crippen molar-refractivity contribution in [1.29, 1.82) is 0 Å². The normalized spacial score (nSPS) is 17.4. The van der Waals surface area contributed by atoms with Gasteiger partial charge in [-0.2, -0.15) is 8.42 Å². The maximum absolute atomic E-state index is 12.8. The molecule has 2 saturated heterocycles. The summed E-state index contributed by atoms with van der Waals surface area (Å²) in [7, 11) is -2.75. The summed E-state index contributed by atoms with van der Waals surface area (Å²) in [5.74, 6) is 5.17. The van der Waals surface area contributed by atoms with Crippen molar-refractivity contribution in [2.24, 2.45) is 5.41 Å². The Morgan fingerprint density at radius 1 is 1.12 bits per heavy atom. The highest BCUT2D eigenvalue weighted by atomic mass is 32.2. The Labute approximate surface area is 193 Å². The maximum atomic E-state index is 12.8. The lowest BCUT2D eigenvalue weighted by molar-refractivity contribution is -0.137. The molecule has 33 heavy (non-hydrogen) atoms. The van der Waals surface area contributed by atoms with Crippen molar-refractivity contribution in [3.8, 4) is 17.6 Å². The number of likely N-dealkylation sites (tertiary alicyclic amines) is 1. The molecule has 11 heteroatoms. The fourth-order valence-corrected chi connectivity index (χ4v) is 5.07. The molecule has 1 aromatic rings. The van der Waals surface area contributed by atoms with E-state index in [0.29, 0.717) is 37.6 Å². The standard InChI is InChI=1S/C22H27N3O7S/c1-2-3-14-32-18-6-4-17(5-7-18)19(33(29)30)22(20(26)23-28)8-10-24(11-9-22)21(27)25-12-15-31-16-13-25/h4-7,28H,8-16H2,1H3,(H,23,26). The highest BCUT2D eigenvalue weighted by molar-refractivity contribution is 7.73. The molecule has 2 aliphatic rings. The number of urea groups is 1. The van der Waals surface area contributed by atoms with Crippen LogP contribution in [0.4, 0.5) is 4.79 Å². The van der Waals surface area contributed by atoms with E-state index in [1.165, 1.54) is 0 Å². The molecule has 2 aliphatic heterocycles. The molecule has 2 N–H and O–H groups in total. The van der Waals surface area contributed by atoms with Gasteiger partial charge in [0.2, 0.25) is 10.3 Å². The Morgan fingerprint density at radius 3 is 2.27 bits per heavy atom. The van der Waals surface area contributed by atoms with E-state index in [1.807, 2.05) is 0 Å². The first-order valence-corrected chi connectivity index (χ1v) is 11.7. The number of amides is 3. The van der Waals surface area contributed by atoms with Gasteiger partial charge < -0.3 is 19.3 Å². The number of carbonyl (C=O) groups excluding carboxylic acids is 2. The van der Waals surface area contributed by atoms with Gasteiger partial charge in [0, 0.05) is 26.2 Å². The highest BCUT2D eigenvalue weighted by Crippen LogP contribution is 2.36. The molecule has 178 valence electrons. The molecule has 0 aliphatic carbocycles. The number of piperidine rings is 1. The van der Waals surface area contributed by atoms with Gasteiger partial charge in [0.15, 0.2) is 0 Å². The van der Waals surface area contributed by atoms with Crippen LogP contribution in [-0.4, -0.2) is 86.2 Å². The van der Waals surface area contributed by atoms with E-state index < -0.39 is 21.6 Å². The Morgan fingerprint density at radius 2 is 1.73 bits per heavy atom. The van der Waals surface area contributed by atoms with Gasteiger partial charge in [0.25, 0.3) is 5.91 Å². The third-order valence-electron chi connectivity index (χ3n) is 5.91. The minimum absolute atomic E-state index is 0.0448. The Bertz CT molecular complexity index is 1050. The number of nitrogens with zero attached hydrogens (tertiary/aromatic N) is 2. The van der Waals surface area contributed by atoms with Crippen molar-refractivity contribution in [2.45, 2.75) is 19.8 Å². The zero-order chi connectivity index (χ0) is 23.8. The van der Waals surface area contributed by atoms with Crippen molar-refractivity contribution >= 4 is 27.1 Å². The lowest BCUT2D eigenvalue weighted by atomic mass is 9.73. The largest absolute Gasteiger partial charge is 0.481 e. The second-order valence-electron chi connectivity index (χ2n) is 7.70. The molecule has 2 fully saturated rings. The lowest BCUT2D eigenvalue weighted by Gasteiger charge is -2.42. The van der Waals surface area contributed by atoms with Crippen molar-refractivity contribution in [3.63, 3.8) is 0 Å². The fourth-order valence-electron chi connectivity index (χ4n) is 4.12. The van der Waals surface area contributed by atoms with E-state index >= 15 is 0 Å². The number of ether oxygens (including phenoxy) is 2. The van der Waals surface area contributed by atoms with Crippen molar-refractivity contribution in [1.82, 2.24) is 15.3 Å². The van der Waals surface area contributed by atoms with E-state index in [1.54, 1.807) is 46.5 Å². The van der Waals surface area contributed by atoms with Crippen LogP contribution in [0.5, 0.6) is 5.75 Å². The number of nitrogens with one attached hydrogen (secondary N) is 1. The zero-order valence-electron chi connectivity index (χ0n) is 18.4. The molecular formula is C22H27N3O7S. The average molecular weight is 478 g/mol. The molecule has 0 bridgehead atoms. The molecule has 0 unspecified atom stereocenters. The van der Waals surface area contributed by atoms with Crippen molar-refractivity contribution in [2.75, 3.05) is 46.0 Å². The van der Waals surface area contributed by atoms with Gasteiger partial charge in [0.1, 0.15) is 12.4 Å². The second kappa shape index (κ2) is 11.2. The first-order chi connectivity index (χ1) is 15.9. The van der Waals surface area contributed by atoms with E-state index in [9.17, 15) is 23.2 Å². The van der Waals surface area contributed by atoms with Crippen molar-refractivity contribution in [3.05, 3.63) is 29.8 Å². The topological polar surface area (TPSA) is 125 Å². The van der Waals surface area contributed by atoms with Crippen molar-refractivity contribution < 1.29 is 32.7 Å². The molecule has 0 radical (unpaired) electrons. The first kappa shape index (κ1) is 24.6. The molecule has 0 saturated carbocycles. The minimum Gasteiger partial charge on any atom is -0.481 e. The molecule has 10 nitrogen and oxygen atoms in total. The van der Waals surface area contributed by atoms with E-state index in [2.05, 4.69) is 11.8 Å². The van der Waals surface area contributed by atoms with Crippen LogP contribution in [0.2, 0.25) is 0 Å². The zero-order valence-corrected chi connectivity index (χ0v) is 19.2. The van der Waals surface area contributed by atoms with E-state index in [0.717, 1.165) is 0 Å². The third-order valence-corrected chi connectivity index (χ3v) is 6.87. The molecule has 0 spiro atoms. The van der Waals surface area contributed by atoms with Crippen LogP contribution in [0.1, 0.15) is 25.3 Å². The number of hydroxylamine groups is 1. The van der Waals surface area contributed by atoms with Gasteiger partial charge in [0.05, 0.1) is 23.5 Å². The quantitative estimate of drug-likeness (QED) is 0.208. The summed E-state index contributed by atoms with van der Waals surface area (Å²) in [4.78, 5) is 28.8. The van der Waals surface area contributed by atoms with Crippen LogP contribution in [0.3, 0.4) is 0 Å². The fraction of sp³-hybridized carbons (Fsp3) is 0.500. The van der Waals surface area contributed by atoms with Crippen LogP contribution in [0.25, 0.3) is 0 Å². The number of hydrogen-bond donors (Lipinski definition) is 2. The predicted octanol–water partition coefficient (Wildman–Crippen LogP) is 0.528. The lowest BCUT2D eigenvalue weighted by Crippen LogP contribution is -2.56. The van der Waals surface area contributed by atoms with Crippen LogP contribution >= 0.6 is 0 Å². The number of morpholine rings is 1. The van der Waals surface area contributed by atoms with Gasteiger partial charge in [-0.25, -0.2) is 10.3 Å². The molecule has 3 amide bonds. The summed E-state index contributed by atoms with van der Waals surface area (Å²) in [6, 6.07) is 6.13. The average Bonchev–Trinajstić information content (AvgIpc) is 2.85. The van der Waals surface area contributed by atoms with Gasteiger partial charge in [-0.1, -0.05) is 5.92 Å². The number of hydrogen-bond acceptors (Lipinski definition) is 7. The molecule has 3 rings (SSSR count). The SMILES string of the molecule is CC#CCOc1ccc(C(=S(=O)=O)C2(C(=O)NO)CCN(C(=O)N3CCOCC3)CC2)cc1. The predicted molar refractivity (Wildman–Crippen MR) is 119 cm³/mol. The molecule has 0 atom stereocenters. The smallest absolute Gasteiger partial charge is 0.320 e. The second-order valence-corrected chi connectivity index (χ2v) is 8.57. The number of rotatable bonds is 5. The summed E-state index contributed by atoms with van der Waals surface area (Å²) in [5.41, 5.74) is 0.429. The monoisotopic (exact) mass is 477 g/mol. The Balaban J connectivity index is 1.84. The summed E-state index contributed by atoms with van der Waals surface area (Å²) in [6.45, 7) is 4.13. The van der Waals surface area contributed by atoms with Crippen LogP contribution in [0, 0.1) is 17.3 Å². The Hall–Kier alpha value is -3.07. The first-order valence-electron chi connectivity index (χ1n) is 10.6. The summed E-state index contributed by atoms with van der Waals surface area (Å²) in [5, 5.41) is 9.42. The van der Waals surface area contributed by atoms with Crippen LogP contribution in [0.15, 0.2) is 24.3 Å². The molecule has 2 heterocycles. The molecule has 0 aromatic heterocycles. The summed E-state index contributed by atoms with van der Waals surface area (Å²) >= 11 is 0. The Kier molecular flexibility index (Phi) is 8.32. The van der Waals surface area contributed by atoms with Gasteiger partial charge in [-0.05, 0) is 49.6 Å².